The molecule has 140 valence electrons. The SMILES string of the molecule is C[C@@H](Nc1ccc2c(c1)NC(=O)[C@@H](C)O2)C(=O)NC(=O)NC1CCCC1. The van der Waals surface area contributed by atoms with Crippen LogP contribution in [0.15, 0.2) is 18.2 Å². The maximum absolute atomic E-state index is 12.2. The van der Waals surface area contributed by atoms with Gasteiger partial charge in [-0.2, -0.15) is 0 Å². The van der Waals surface area contributed by atoms with Crippen LogP contribution in [0.2, 0.25) is 0 Å². The summed E-state index contributed by atoms with van der Waals surface area (Å²) in [6.45, 7) is 3.34. The molecule has 0 bridgehead atoms. The Morgan fingerprint density at radius 2 is 2.00 bits per heavy atom. The molecule has 0 spiro atoms. The maximum Gasteiger partial charge on any atom is 0.321 e. The fraction of sp³-hybridized carbons (Fsp3) is 0.500. The third kappa shape index (κ3) is 4.25. The summed E-state index contributed by atoms with van der Waals surface area (Å²) in [6, 6.07) is 4.24. The standard InChI is InChI=1S/C18H24N4O4/c1-10(16(23)22-18(25)20-12-5-3-4-6-12)19-13-7-8-15-14(9-13)21-17(24)11(2)26-15/h7-12,19H,3-6H2,1-2H3,(H,21,24)(H2,20,22,23,25)/t10-,11-/m1/s1. The predicted molar refractivity (Wildman–Crippen MR) is 97.2 cm³/mol. The van der Waals surface area contributed by atoms with Gasteiger partial charge in [-0.05, 0) is 44.9 Å². The van der Waals surface area contributed by atoms with Crippen molar-refractivity contribution in [1.29, 1.82) is 0 Å². The summed E-state index contributed by atoms with van der Waals surface area (Å²) in [4.78, 5) is 35.8. The number of fused-ring (bicyclic) bond motifs is 1. The van der Waals surface area contributed by atoms with E-state index in [2.05, 4.69) is 21.3 Å². The number of carbonyl (C=O) groups is 3. The van der Waals surface area contributed by atoms with Crippen LogP contribution in [-0.4, -0.2) is 36.0 Å². The van der Waals surface area contributed by atoms with Crippen molar-refractivity contribution in [3.63, 3.8) is 0 Å². The maximum atomic E-state index is 12.2. The molecule has 1 aliphatic heterocycles. The molecule has 0 aromatic heterocycles. The molecule has 0 unspecified atom stereocenters. The van der Waals surface area contributed by atoms with E-state index >= 15 is 0 Å². The normalized spacial score (nSPS) is 20.4. The van der Waals surface area contributed by atoms with Gasteiger partial charge in [0, 0.05) is 11.7 Å². The molecule has 4 N–H and O–H groups in total. The van der Waals surface area contributed by atoms with Crippen molar-refractivity contribution in [1.82, 2.24) is 10.6 Å². The van der Waals surface area contributed by atoms with Crippen molar-refractivity contribution < 1.29 is 19.1 Å². The van der Waals surface area contributed by atoms with E-state index in [1.165, 1.54) is 0 Å². The van der Waals surface area contributed by atoms with Crippen LogP contribution in [0.5, 0.6) is 5.75 Å². The number of amides is 4. The summed E-state index contributed by atoms with van der Waals surface area (Å²) in [5.41, 5.74) is 1.19. The number of ether oxygens (including phenoxy) is 1. The second-order valence-electron chi connectivity index (χ2n) is 6.77. The number of hydrogen-bond donors (Lipinski definition) is 4. The molecule has 1 saturated carbocycles. The molecule has 2 aliphatic rings. The van der Waals surface area contributed by atoms with Crippen LogP contribution >= 0.6 is 0 Å². The number of hydrogen-bond acceptors (Lipinski definition) is 5. The van der Waals surface area contributed by atoms with E-state index in [9.17, 15) is 14.4 Å². The second kappa shape index (κ2) is 7.63. The Morgan fingerprint density at radius 3 is 2.73 bits per heavy atom. The van der Waals surface area contributed by atoms with Crippen LogP contribution in [0.1, 0.15) is 39.5 Å². The predicted octanol–water partition coefficient (Wildman–Crippen LogP) is 1.97. The van der Waals surface area contributed by atoms with Gasteiger partial charge < -0.3 is 20.7 Å². The van der Waals surface area contributed by atoms with Crippen LogP contribution in [0.3, 0.4) is 0 Å². The van der Waals surface area contributed by atoms with Crippen LogP contribution < -0.4 is 26.0 Å². The molecule has 8 heteroatoms. The Bertz CT molecular complexity index is 715. The number of anilines is 2. The number of carbonyl (C=O) groups excluding carboxylic acids is 3. The van der Waals surface area contributed by atoms with E-state index in [0.717, 1.165) is 25.7 Å². The molecule has 1 heterocycles. The summed E-state index contributed by atoms with van der Waals surface area (Å²) < 4.78 is 5.50. The number of rotatable bonds is 4. The van der Waals surface area contributed by atoms with Crippen LogP contribution in [0.25, 0.3) is 0 Å². The van der Waals surface area contributed by atoms with Gasteiger partial charge >= 0.3 is 6.03 Å². The van der Waals surface area contributed by atoms with E-state index in [-0.39, 0.29) is 11.9 Å². The average Bonchev–Trinajstić information content (AvgIpc) is 3.08. The van der Waals surface area contributed by atoms with Gasteiger partial charge in [0.2, 0.25) is 5.91 Å². The summed E-state index contributed by atoms with van der Waals surface area (Å²) >= 11 is 0. The van der Waals surface area contributed by atoms with E-state index in [1.54, 1.807) is 32.0 Å². The first-order valence-corrected chi connectivity index (χ1v) is 8.92. The number of imide groups is 1. The number of nitrogens with one attached hydrogen (secondary N) is 4. The van der Waals surface area contributed by atoms with Crippen molar-refractivity contribution in [2.75, 3.05) is 10.6 Å². The van der Waals surface area contributed by atoms with Crippen molar-refractivity contribution >= 4 is 29.2 Å². The van der Waals surface area contributed by atoms with Gasteiger partial charge in [0.05, 0.1) is 5.69 Å². The first kappa shape index (κ1) is 18.0. The molecule has 8 nitrogen and oxygen atoms in total. The Labute approximate surface area is 152 Å². The molecule has 1 aromatic carbocycles. The van der Waals surface area contributed by atoms with Gasteiger partial charge in [-0.3, -0.25) is 14.9 Å². The zero-order chi connectivity index (χ0) is 18.7. The smallest absolute Gasteiger partial charge is 0.321 e. The average molecular weight is 360 g/mol. The molecule has 1 fully saturated rings. The van der Waals surface area contributed by atoms with Crippen molar-refractivity contribution in [3.8, 4) is 5.75 Å². The molecule has 2 atom stereocenters. The highest BCUT2D eigenvalue weighted by atomic mass is 16.5. The monoisotopic (exact) mass is 360 g/mol. The molecule has 4 amide bonds. The molecule has 1 aliphatic carbocycles. The molecular formula is C18H24N4O4. The Morgan fingerprint density at radius 1 is 1.27 bits per heavy atom. The van der Waals surface area contributed by atoms with Crippen LogP contribution in [0, 0.1) is 0 Å². The molecule has 0 saturated heterocycles. The topological polar surface area (TPSA) is 109 Å². The second-order valence-corrected chi connectivity index (χ2v) is 6.77. The van der Waals surface area contributed by atoms with Gasteiger partial charge in [0.1, 0.15) is 11.8 Å². The highest BCUT2D eigenvalue weighted by Crippen LogP contribution is 2.32. The van der Waals surface area contributed by atoms with Gasteiger partial charge in [0.15, 0.2) is 6.10 Å². The minimum absolute atomic E-state index is 0.151. The lowest BCUT2D eigenvalue weighted by molar-refractivity contribution is -0.123. The van der Waals surface area contributed by atoms with Gasteiger partial charge in [-0.1, -0.05) is 12.8 Å². The summed E-state index contributed by atoms with van der Waals surface area (Å²) in [7, 11) is 0. The summed E-state index contributed by atoms with van der Waals surface area (Å²) in [5, 5.41) is 10.9. The number of benzene rings is 1. The first-order valence-electron chi connectivity index (χ1n) is 8.92. The van der Waals surface area contributed by atoms with Gasteiger partial charge in [-0.15, -0.1) is 0 Å². The summed E-state index contributed by atoms with van der Waals surface area (Å²) in [5.74, 6) is -0.0631. The largest absolute Gasteiger partial charge is 0.479 e. The van der Waals surface area contributed by atoms with E-state index in [1.807, 2.05) is 0 Å². The minimum Gasteiger partial charge on any atom is -0.479 e. The van der Waals surface area contributed by atoms with Crippen molar-refractivity contribution in [2.45, 2.75) is 57.7 Å². The van der Waals surface area contributed by atoms with Crippen molar-refractivity contribution in [3.05, 3.63) is 18.2 Å². The third-order valence-electron chi connectivity index (χ3n) is 4.61. The zero-order valence-electron chi connectivity index (χ0n) is 14.9. The molecule has 26 heavy (non-hydrogen) atoms. The molecule has 3 rings (SSSR count). The fourth-order valence-electron chi connectivity index (χ4n) is 3.13. The Balaban J connectivity index is 1.54. The van der Waals surface area contributed by atoms with Gasteiger partial charge in [-0.25, -0.2) is 4.79 Å². The highest BCUT2D eigenvalue weighted by molar-refractivity contribution is 5.99. The lowest BCUT2D eigenvalue weighted by Crippen LogP contribution is -2.48. The van der Waals surface area contributed by atoms with E-state index in [0.29, 0.717) is 17.1 Å². The van der Waals surface area contributed by atoms with E-state index in [4.69, 9.17) is 4.74 Å². The fourth-order valence-corrected chi connectivity index (χ4v) is 3.13. The lowest BCUT2D eigenvalue weighted by atomic mass is 10.2. The number of urea groups is 1. The molecule has 1 aromatic rings. The quantitative estimate of drug-likeness (QED) is 0.656. The lowest BCUT2D eigenvalue weighted by Gasteiger charge is -2.24. The Hall–Kier alpha value is -2.77. The third-order valence-corrected chi connectivity index (χ3v) is 4.61. The highest BCUT2D eigenvalue weighted by Gasteiger charge is 2.24. The molecule has 0 radical (unpaired) electrons. The molecular weight excluding hydrogens is 336 g/mol. The minimum atomic E-state index is -0.624. The van der Waals surface area contributed by atoms with E-state index < -0.39 is 24.1 Å². The summed E-state index contributed by atoms with van der Waals surface area (Å²) in [6.07, 6.45) is 3.58. The zero-order valence-corrected chi connectivity index (χ0v) is 14.9. The van der Waals surface area contributed by atoms with Crippen LogP contribution in [0.4, 0.5) is 16.2 Å². The van der Waals surface area contributed by atoms with Crippen molar-refractivity contribution in [2.24, 2.45) is 0 Å². The van der Waals surface area contributed by atoms with Crippen LogP contribution in [-0.2, 0) is 9.59 Å². The van der Waals surface area contributed by atoms with Gasteiger partial charge in [0.25, 0.3) is 5.91 Å². The first-order chi connectivity index (χ1) is 12.4. The Kier molecular flexibility index (Phi) is 5.29.